The summed E-state index contributed by atoms with van der Waals surface area (Å²) in [5.41, 5.74) is -0.0693. The highest BCUT2D eigenvalue weighted by atomic mass is 32.2. The van der Waals surface area contributed by atoms with E-state index >= 15 is 0 Å². The lowest BCUT2D eigenvalue weighted by atomic mass is 10.2. The summed E-state index contributed by atoms with van der Waals surface area (Å²) < 4.78 is 4.67. The number of nitro benzene ring substituents is 1. The Kier molecular flexibility index (Phi) is 4.76. The number of aromatic amines is 1. The van der Waals surface area contributed by atoms with E-state index in [1.54, 1.807) is 0 Å². The van der Waals surface area contributed by atoms with Gasteiger partial charge in [0.1, 0.15) is 5.82 Å². The van der Waals surface area contributed by atoms with Crippen LogP contribution in [0.4, 0.5) is 5.69 Å². The molecule has 0 atom stereocenters. The second-order valence-electron chi connectivity index (χ2n) is 4.69. The van der Waals surface area contributed by atoms with Crippen LogP contribution >= 0.6 is 11.8 Å². The van der Waals surface area contributed by atoms with E-state index in [9.17, 15) is 14.9 Å². The molecule has 2 rings (SSSR count). The Hall–Kier alpha value is -2.42. The zero-order valence-corrected chi connectivity index (χ0v) is 13.0. The van der Waals surface area contributed by atoms with Crippen molar-refractivity contribution >= 4 is 23.4 Å². The van der Waals surface area contributed by atoms with Gasteiger partial charge < -0.3 is 4.74 Å². The van der Waals surface area contributed by atoms with Crippen molar-refractivity contribution in [3.05, 3.63) is 39.7 Å². The lowest BCUT2D eigenvalue weighted by Crippen LogP contribution is -2.04. The molecule has 0 saturated heterocycles. The van der Waals surface area contributed by atoms with Crippen LogP contribution < -0.4 is 0 Å². The summed E-state index contributed by atoms with van der Waals surface area (Å²) in [6, 6.07) is 4.00. The van der Waals surface area contributed by atoms with Crippen molar-refractivity contribution in [1.82, 2.24) is 15.2 Å². The maximum atomic E-state index is 11.8. The van der Waals surface area contributed by atoms with E-state index in [0.29, 0.717) is 10.1 Å². The average Bonchev–Trinajstić information content (AvgIpc) is 2.95. The number of nitro groups is 1. The first-order chi connectivity index (χ1) is 10.4. The predicted octanol–water partition coefficient (Wildman–Crippen LogP) is 2.77. The van der Waals surface area contributed by atoms with Gasteiger partial charge in [-0.3, -0.25) is 15.2 Å². The van der Waals surface area contributed by atoms with Crippen LogP contribution in [0, 0.1) is 10.1 Å². The van der Waals surface area contributed by atoms with E-state index in [1.807, 2.05) is 13.8 Å². The number of ether oxygens (including phenoxy) is 1. The van der Waals surface area contributed by atoms with Crippen LogP contribution in [0.15, 0.2) is 28.3 Å². The van der Waals surface area contributed by atoms with Crippen molar-refractivity contribution in [3.63, 3.8) is 0 Å². The number of hydrogen-bond acceptors (Lipinski definition) is 7. The zero-order valence-electron chi connectivity index (χ0n) is 12.2. The molecule has 22 heavy (non-hydrogen) atoms. The Morgan fingerprint density at radius 2 is 2.18 bits per heavy atom. The van der Waals surface area contributed by atoms with Crippen molar-refractivity contribution in [2.24, 2.45) is 0 Å². The van der Waals surface area contributed by atoms with Crippen LogP contribution in [-0.2, 0) is 4.74 Å². The number of methoxy groups -OCH3 is 1. The third-order valence-corrected chi connectivity index (χ3v) is 3.75. The minimum atomic E-state index is -0.647. The number of benzene rings is 1. The number of hydrogen-bond donors (Lipinski definition) is 1. The summed E-state index contributed by atoms with van der Waals surface area (Å²) in [5.74, 6) is 0.272. The van der Waals surface area contributed by atoms with Crippen LogP contribution in [0.5, 0.6) is 0 Å². The lowest BCUT2D eigenvalue weighted by molar-refractivity contribution is -0.384. The summed E-state index contributed by atoms with van der Waals surface area (Å²) in [6.45, 7) is 3.95. The highest BCUT2D eigenvalue weighted by Gasteiger charge is 2.19. The number of aromatic nitrogens is 3. The molecular weight excluding hydrogens is 308 g/mol. The second kappa shape index (κ2) is 6.56. The van der Waals surface area contributed by atoms with Crippen molar-refractivity contribution in [2.45, 2.75) is 29.8 Å². The summed E-state index contributed by atoms with van der Waals surface area (Å²) >= 11 is 1.14. The van der Waals surface area contributed by atoms with E-state index in [1.165, 1.54) is 25.3 Å². The third kappa shape index (κ3) is 3.42. The predicted molar refractivity (Wildman–Crippen MR) is 79.0 cm³/mol. The fourth-order valence-corrected chi connectivity index (χ4v) is 2.47. The lowest BCUT2D eigenvalue weighted by Gasteiger charge is -2.05. The van der Waals surface area contributed by atoms with Gasteiger partial charge in [0.15, 0.2) is 0 Å². The molecule has 8 nitrogen and oxygen atoms in total. The van der Waals surface area contributed by atoms with E-state index in [0.717, 1.165) is 17.6 Å². The molecule has 0 saturated carbocycles. The van der Waals surface area contributed by atoms with Gasteiger partial charge >= 0.3 is 5.97 Å². The highest BCUT2D eigenvalue weighted by molar-refractivity contribution is 7.99. The van der Waals surface area contributed by atoms with Crippen molar-refractivity contribution in [2.75, 3.05) is 7.11 Å². The van der Waals surface area contributed by atoms with Gasteiger partial charge in [0.2, 0.25) is 5.16 Å². The number of carbonyl (C=O) groups excluding carboxylic acids is 1. The third-order valence-electron chi connectivity index (χ3n) is 2.81. The molecule has 0 aliphatic carbocycles. The first kappa shape index (κ1) is 16.0. The molecule has 1 N–H and O–H groups in total. The molecule has 0 fully saturated rings. The maximum absolute atomic E-state index is 11.8. The molecule has 1 aromatic carbocycles. The highest BCUT2D eigenvalue weighted by Crippen LogP contribution is 2.31. The fraction of sp³-hybridized carbons (Fsp3) is 0.308. The van der Waals surface area contributed by atoms with Gasteiger partial charge in [-0.2, -0.15) is 0 Å². The Morgan fingerprint density at radius 1 is 1.45 bits per heavy atom. The number of carbonyl (C=O) groups is 1. The van der Waals surface area contributed by atoms with Crippen molar-refractivity contribution in [1.29, 1.82) is 0 Å². The van der Waals surface area contributed by atoms with Gasteiger partial charge in [-0.25, -0.2) is 9.78 Å². The van der Waals surface area contributed by atoms with Crippen LogP contribution in [0.2, 0.25) is 0 Å². The van der Waals surface area contributed by atoms with E-state index in [4.69, 9.17) is 0 Å². The minimum Gasteiger partial charge on any atom is -0.465 e. The average molecular weight is 322 g/mol. The number of H-pyrrole nitrogens is 1. The largest absolute Gasteiger partial charge is 0.465 e. The Morgan fingerprint density at radius 3 is 2.73 bits per heavy atom. The van der Waals surface area contributed by atoms with Crippen molar-refractivity contribution in [3.8, 4) is 0 Å². The summed E-state index contributed by atoms with van der Waals surface area (Å²) in [4.78, 5) is 26.9. The van der Waals surface area contributed by atoms with E-state index in [2.05, 4.69) is 19.9 Å². The Balaban J connectivity index is 2.36. The van der Waals surface area contributed by atoms with E-state index < -0.39 is 10.9 Å². The quantitative estimate of drug-likeness (QED) is 0.512. The van der Waals surface area contributed by atoms with Crippen LogP contribution in [-0.4, -0.2) is 33.2 Å². The zero-order chi connectivity index (χ0) is 16.3. The second-order valence-corrected chi connectivity index (χ2v) is 5.70. The van der Waals surface area contributed by atoms with Gasteiger partial charge in [0.05, 0.1) is 17.6 Å². The molecule has 0 spiro atoms. The first-order valence-electron chi connectivity index (χ1n) is 6.39. The van der Waals surface area contributed by atoms with Crippen LogP contribution in [0.1, 0.15) is 35.9 Å². The molecular formula is C13H14N4O4S. The normalized spacial score (nSPS) is 10.7. The molecule has 0 aliphatic heterocycles. The summed E-state index contributed by atoms with van der Waals surface area (Å²) in [5, 5.41) is 18.1. The molecule has 0 amide bonds. The first-order valence-corrected chi connectivity index (χ1v) is 7.21. The van der Waals surface area contributed by atoms with Crippen LogP contribution in [0.3, 0.4) is 0 Å². The SMILES string of the molecule is COC(=O)c1cc([N+](=O)[O-])ccc1Sc1n[nH]c(C(C)C)n1. The molecule has 1 aromatic heterocycles. The molecule has 2 aromatic rings. The topological polar surface area (TPSA) is 111 Å². The molecule has 0 bridgehead atoms. The van der Waals surface area contributed by atoms with Gasteiger partial charge in [-0.15, -0.1) is 5.10 Å². The summed E-state index contributed by atoms with van der Waals surface area (Å²) in [7, 11) is 1.22. The Bertz CT molecular complexity index is 714. The molecule has 9 heteroatoms. The number of nitrogens with one attached hydrogen (secondary N) is 1. The molecule has 0 radical (unpaired) electrons. The number of non-ortho nitro benzene ring substituents is 1. The Labute approximate surface area is 130 Å². The monoisotopic (exact) mass is 322 g/mol. The molecule has 0 aliphatic rings. The van der Waals surface area contributed by atoms with E-state index in [-0.39, 0.29) is 17.2 Å². The molecule has 116 valence electrons. The number of nitrogens with zero attached hydrogens (tertiary/aromatic N) is 3. The summed E-state index contributed by atoms with van der Waals surface area (Å²) in [6.07, 6.45) is 0. The van der Waals surface area contributed by atoms with Gasteiger partial charge in [-0.05, 0) is 17.8 Å². The van der Waals surface area contributed by atoms with Crippen LogP contribution in [0.25, 0.3) is 0 Å². The number of esters is 1. The van der Waals surface area contributed by atoms with Gasteiger partial charge in [0, 0.05) is 22.9 Å². The van der Waals surface area contributed by atoms with Crippen molar-refractivity contribution < 1.29 is 14.5 Å². The smallest absolute Gasteiger partial charge is 0.339 e. The minimum absolute atomic E-state index is 0.109. The standard InChI is InChI=1S/C13H14N4O4S/c1-7(2)11-14-13(16-15-11)22-10-5-4-8(17(19)20)6-9(10)12(18)21-3/h4-7H,1-3H3,(H,14,15,16). The molecule has 1 heterocycles. The van der Waals surface area contributed by atoms with Gasteiger partial charge in [-0.1, -0.05) is 13.8 Å². The number of rotatable bonds is 5. The van der Waals surface area contributed by atoms with Gasteiger partial charge in [0.25, 0.3) is 5.69 Å². The fourth-order valence-electron chi connectivity index (χ4n) is 1.65. The maximum Gasteiger partial charge on any atom is 0.339 e. The molecule has 0 unspecified atom stereocenters.